The number of alkyl halides is 2. The van der Waals surface area contributed by atoms with Crippen molar-refractivity contribution < 1.29 is 27.1 Å². The van der Waals surface area contributed by atoms with Crippen LogP contribution in [-0.4, -0.2) is 22.1 Å². The lowest BCUT2D eigenvalue weighted by Crippen LogP contribution is -2.31. The highest BCUT2D eigenvalue weighted by atomic mass is 127. The van der Waals surface area contributed by atoms with Crippen LogP contribution in [0.15, 0.2) is 42.6 Å². The van der Waals surface area contributed by atoms with Crippen LogP contribution in [0.4, 0.5) is 29.2 Å². The molecule has 3 aromatic rings. The summed E-state index contributed by atoms with van der Waals surface area (Å²) in [6.45, 7) is -2.96. The summed E-state index contributed by atoms with van der Waals surface area (Å²) in [5.74, 6) is -2.12. The Morgan fingerprint density at radius 1 is 1.07 bits per heavy atom. The molecule has 0 saturated heterocycles. The van der Waals surface area contributed by atoms with Gasteiger partial charge in [-0.25, -0.2) is 18.7 Å². The third-order valence-corrected chi connectivity index (χ3v) is 6.07. The van der Waals surface area contributed by atoms with Crippen LogP contribution in [0.1, 0.15) is 12.8 Å². The van der Waals surface area contributed by atoms with Crippen molar-refractivity contribution in [2.24, 2.45) is 0 Å². The van der Waals surface area contributed by atoms with Gasteiger partial charge in [0.15, 0.2) is 11.6 Å². The molecule has 1 fully saturated rings. The number of ether oxygens (including phenoxy) is 1. The SMILES string of the molecule is O=C1N(c2c(F)cc(-c3ccc(OC(F)F)cc3)cc2F)c2ncc(I)n2C12CC2. The van der Waals surface area contributed by atoms with E-state index in [9.17, 15) is 13.6 Å². The minimum atomic E-state index is -2.96. The van der Waals surface area contributed by atoms with E-state index in [1.54, 1.807) is 10.8 Å². The maximum Gasteiger partial charge on any atom is 0.387 e. The van der Waals surface area contributed by atoms with E-state index < -0.39 is 35.4 Å². The Labute approximate surface area is 181 Å². The maximum atomic E-state index is 15.0. The molecule has 1 spiro atoms. The summed E-state index contributed by atoms with van der Waals surface area (Å²) in [4.78, 5) is 18.2. The van der Waals surface area contributed by atoms with Crippen molar-refractivity contribution in [3.05, 3.63) is 57.9 Å². The third-order valence-electron chi connectivity index (χ3n) is 5.31. The highest BCUT2D eigenvalue weighted by Crippen LogP contribution is 2.55. The van der Waals surface area contributed by atoms with Gasteiger partial charge in [0.1, 0.15) is 20.7 Å². The van der Waals surface area contributed by atoms with E-state index in [1.807, 2.05) is 22.6 Å². The quantitative estimate of drug-likeness (QED) is 0.345. The summed E-state index contributed by atoms with van der Waals surface area (Å²) in [5.41, 5.74) is -0.680. The fourth-order valence-corrected chi connectivity index (χ4v) is 4.62. The van der Waals surface area contributed by atoms with Crippen molar-refractivity contribution >= 4 is 40.1 Å². The van der Waals surface area contributed by atoms with Crippen molar-refractivity contribution in [1.82, 2.24) is 9.55 Å². The number of hydrogen-bond acceptors (Lipinski definition) is 3. The maximum absolute atomic E-state index is 15.0. The van der Waals surface area contributed by atoms with Gasteiger partial charge in [0.05, 0.1) is 6.20 Å². The van der Waals surface area contributed by atoms with E-state index in [0.29, 0.717) is 18.4 Å². The molecule has 5 rings (SSSR count). The fraction of sp³-hybridized carbons (Fsp3) is 0.200. The molecule has 1 aromatic heterocycles. The lowest BCUT2D eigenvalue weighted by atomic mass is 10.0. The molecule has 0 radical (unpaired) electrons. The number of nitrogens with zero attached hydrogens (tertiary/aromatic N) is 3. The second kappa shape index (κ2) is 6.69. The summed E-state index contributed by atoms with van der Waals surface area (Å²) in [7, 11) is 0. The number of amides is 1. The Balaban J connectivity index is 1.54. The molecule has 154 valence electrons. The van der Waals surface area contributed by atoms with Crippen molar-refractivity contribution in [2.75, 3.05) is 4.90 Å². The Morgan fingerprint density at radius 2 is 1.70 bits per heavy atom. The van der Waals surface area contributed by atoms with Gasteiger partial charge in [0.2, 0.25) is 5.95 Å². The first-order chi connectivity index (χ1) is 14.3. The monoisotopic (exact) mass is 529 g/mol. The smallest absolute Gasteiger partial charge is 0.387 e. The average Bonchev–Trinajstić information content (AvgIpc) is 3.35. The zero-order valence-corrected chi connectivity index (χ0v) is 17.2. The number of hydrogen-bond donors (Lipinski definition) is 0. The average molecular weight is 529 g/mol. The molecule has 5 nitrogen and oxygen atoms in total. The van der Waals surface area contributed by atoms with Crippen LogP contribution < -0.4 is 9.64 Å². The van der Waals surface area contributed by atoms with Gasteiger partial charge >= 0.3 is 6.61 Å². The Morgan fingerprint density at radius 3 is 2.27 bits per heavy atom. The molecule has 10 heteroatoms. The number of carbonyl (C=O) groups excluding carboxylic acids is 1. The highest BCUT2D eigenvalue weighted by molar-refractivity contribution is 14.1. The summed E-state index contributed by atoms with van der Waals surface area (Å²) in [6.07, 6.45) is 2.74. The molecule has 0 atom stereocenters. The van der Waals surface area contributed by atoms with Crippen LogP contribution in [0.5, 0.6) is 5.75 Å². The molecule has 1 aliphatic carbocycles. The first-order valence-electron chi connectivity index (χ1n) is 8.94. The molecule has 2 heterocycles. The Kier molecular flexibility index (Phi) is 4.31. The molecule has 0 bridgehead atoms. The number of benzene rings is 2. The van der Waals surface area contributed by atoms with E-state index in [-0.39, 0.29) is 17.3 Å². The predicted octanol–water partition coefficient (Wildman–Crippen LogP) is 5.20. The van der Waals surface area contributed by atoms with Gasteiger partial charge in [-0.05, 0) is 70.8 Å². The summed E-state index contributed by atoms with van der Waals surface area (Å²) in [6, 6.07) is 7.60. The number of carbonyl (C=O) groups is 1. The highest BCUT2D eigenvalue weighted by Gasteiger charge is 2.61. The van der Waals surface area contributed by atoms with E-state index >= 15 is 8.78 Å². The number of imidazole rings is 1. The predicted molar refractivity (Wildman–Crippen MR) is 108 cm³/mol. The molecular formula is C20H12F4IN3O2. The fourth-order valence-electron chi connectivity index (χ4n) is 3.80. The largest absolute Gasteiger partial charge is 0.435 e. The normalized spacial score (nSPS) is 16.5. The van der Waals surface area contributed by atoms with Crippen LogP contribution in [-0.2, 0) is 10.3 Å². The summed E-state index contributed by atoms with van der Waals surface area (Å²) in [5, 5.41) is 0. The van der Waals surface area contributed by atoms with Crippen molar-refractivity contribution in [1.29, 1.82) is 0 Å². The van der Waals surface area contributed by atoms with Crippen LogP contribution in [0.3, 0.4) is 0 Å². The van der Waals surface area contributed by atoms with Gasteiger partial charge in [0.25, 0.3) is 5.91 Å². The molecule has 1 saturated carbocycles. The van der Waals surface area contributed by atoms with Crippen LogP contribution in [0.2, 0.25) is 0 Å². The number of aromatic nitrogens is 2. The number of anilines is 2. The number of halogens is 5. The third kappa shape index (κ3) is 2.80. The van der Waals surface area contributed by atoms with Crippen molar-refractivity contribution in [2.45, 2.75) is 25.0 Å². The molecule has 2 aliphatic rings. The minimum absolute atomic E-state index is 0.0647. The van der Waals surface area contributed by atoms with E-state index in [0.717, 1.165) is 20.7 Å². The topological polar surface area (TPSA) is 47.4 Å². The Bertz CT molecular complexity index is 1150. The standard InChI is InChI=1S/C20H12F4IN3O2/c21-13-7-11(10-1-3-12(4-2-10)30-18(23)24)8-14(22)16(13)27-17(29)20(5-6-20)28-15(25)9-26-19(27)28/h1-4,7-9,18H,5-6H2. The van der Waals surface area contributed by atoms with E-state index in [1.165, 1.54) is 24.3 Å². The van der Waals surface area contributed by atoms with E-state index in [2.05, 4.69) is 9.72 Å². The van der Waals surface area contributed by atoms with Gasteiger partial charge in [-0.3, -0.25) is 9.36 Å². The second-order valence-electron chi connectivity index (χ2n) is 7.08. The van der Waals surface area contributed by atoms with Gasteiger partial charge in [-0.1, -0.05) is 12.1 Å². The lowest BCUT2D eigenvalue weighted by molar-refractivity contribution is -0.120. The minimum Gasteiger partial charge on any atom is -0.435 e. The second-order valence-corrected chi connectivity index (χ2v) is 8.19. The first kappa shape index (κ1) is 19.3. The number of rotatable bonds is 4. The first-order valence-corrected chi connectivity index (χ1v) is 10.0. The molecule has 1 aliphatic heterocycles. The molecule has 0 unspecified atom stereocenters. The lowest BCUT2D eigenvalue weighted by Gasteiger charge is -2.18. The van der Waals surface area contributed by atoms with Crippen LogP contribution >= 0.6 is 22.6 Å². The summed E-state index contributed by atoms with van der Waals surface area (Å²) < 4.78 is 61.4. The molecule has 1 amide bonds. The van der Waals surface area contributed by atoms with Gasteiger partial charge in [-0.15, -0.1) is 0 Å². The molecule has 2 aromatic carbocycles. The molecular weight excluding hydrogens is 517 g/mol. The van der Waals surface area contributed by atoms with Gasteiger partial charge in [0, 0.05) is 0 Å². The molecule has 30 heavy (non-hydrogen) atoms. The number of fused-ring (bicyclic) bond motifs is 2. The Hall–Kier alpha value is -2.63. The van der Waals surface area contributed by atoms with E-state index in [4.69, 9.17) is 0 Å². The van der Waals surface area contributed by atoms with Gasteiger partial charge < -0.3 is 4.74 Å². The molecule has 0 N–H and O–H groups in total. The van der Waals surface area contributed by atoms with Crippen molar-refractivity contribution in [3.63, 3.8) is 0 Å². The zero-order chi connectivity index (χ0) is 21.2. The zero-order valence-electron chi connectivity index (χ0n) is 15.1. The van der Waals surface area contributed by atoms with Gasteiger partial charge in [-0.2, -0.15) is 8.78 Å². The van der Waals surface area contributed by atoms with Crippen LogP contribution in [0, 0.1) is 15.3 Å². The van der Waals surface area contributed by atoms with Crippen LogP contribution in [0.25, 0.3) is 11.1 Å². The summed E-state index contributed by atoms with van der Waals surface area (Å²) >= 11 is 2.04. The van der Waals surface area contributed by atoms with Crippen molar-refractivity contribution in [3.8, 4) is 16.9 Å².